The van der Waals surface area contributed by atoms with E-state index in [1.165, 1.54) is 6.07 Å². The van der Waals surface area contributed by atoms with Crippen molar-refractivity contribution >= 4 is 10.8 Å². The molecule has 0 radical (unpaired) electrons. The van der Waals surface area contributed by atoms with Crippen molar-refractivity contribution in [3.05, 3.63) is 84.4 Å². The number of benzene rings is 2. The molecule has 0 saturated carbocycles. The van der Waals surface area contributed by atoms with E-state index in [-0.39, 0.29) is 6.04 Å². The summed E-state index contributed by atoms with van der Waals surface area (Å²) >= 11 is 0. The molecule has 4 nitrogen and oxygen atoms in total. The molecule has 0 aliphatic rings. The Hall–Kier alpha value is -3.12. The van der Waals surface area contributed by atoms with Crippen molar-refractivity contribution in [1.29, 1.82) is 0 Å². The molecule has 0 saturated heterocycles. The second-order valence-corrected chi connectivity index (χ2v) is 6.93. The van der Waals surface area contributed by atoms with E-state index in [4.69, 9.17) is 5.73 Å². The normalized spacial score (nSPS) is 12.4. The van der Waals surface area contributed by atoms with Crippen molar-refractivity contribution in [1.82, 2.24) is 14.8 Å². The second kappa shape index (κ2) is 7.86. The van der Waals surface area contributed by atoms with Crippen LogP contribution in [0.15, 0.2) is 67.3 Å². The molecule has 6 heteroatoms. The van der Waals surface area contributed by atoms with Gasteiger partial charge in [-0.3, -0.25) is 9.67 Å². The minimum Gasteiger partial charge on any atom is -0.327 e. The number of halogens is 2. The van der Waals surface area contributed by atoms with Crippen LogP contribution < -0.4 is 5.73 Å². The highest BCUT2D eigenvalue weighted by molar-refractivity contribution is 5.86. The molecule has 28 heavy (non-hydrogen) atoms. The summed E-state index contributed by atoms with van der Waals surface area (Å²) in [6.45, 7) is 0.655. The van der Waals surface area contributed by atoms with Gasteiger partial charge in [0, 0.05) is 42.1 Å². The van der Waals surface area contributed by atoms with E-state index in [0.717, 1.165) is 28.0 Å². The molecule has 2 N–H and O–H groups in total. The Labute approximate surface area is 161 Å². The highest BCUT2D eigenvalue weighted by Crippen LogP contribution is 2.23. The van der Waals surface area contributed by atoms with Crippen molar-refractivity contribution in [3.63, 3.8) is 0 Å². The summed E-state index contributed by atoms with van der Waals surface area (Å²) in [5, 5.41) is 6.65. The fourth-order valence-corrected chi connectivity index (χ4v) is 3.27. The van der Waals surface area contributed by atoms with Gasteiger partial charge in [-0.05, 0) is 53.6 Å². The Morgan fingerprint density at radius 2 is 1.82 bits per heavy atom. The number of pyridine rings is 1. The molecular formula is C22H20F2N4. The standard InChI is InChI=1S/C22H20F2N4/c23-21-4-1-15(10-22(21)24)9-20(25)6-8-28-14-19(13-27-28)16-2-3-18-12-26-7-5-17(18)11-16/h1-5,7,10-14,20H,6,8-9,25H2. The van der Waals surface area contributed by atoms with E-state index in [2.05, 4.69) is 22.2 Å². The molecule has 142 valence electrons. The summed E-state index contributed by atoms with van der Waals surface area (Å²) in [5.41, 5.74) is 8.98. The molecule has 0 bridgehead atoms. The van der Waals surface area contributed by atoms with Crippen molar-refractivity contribution in [2.75, 3.05) is 0 Å². The van der Waals surface area contributed by atoms with Crippen molar-refractivity contribution in [2.24, 2.45) is 5.73 Å². The van der Waals surface area contributed by atoms with E-state index < -0.39 is 11.6 Å². The zero-order chi connectivity index (χ0) is 19.5. The highest BCUT2D eigenvalue weighted by atomic mass is 19.2. The summed E-state index contributed by atoms with van der Waals surface area (Å²) in [4.78, 5) is 4.13. The number of fused-ring (bicyclic) bond motifs is 1. The third kappa shape index (κ3) is 4.07. The molecule has 0 aliphatic heterocycles. The maximum absolute atomic E-state index is 13.3. The molecule has 1 unspecified atom stereocenters. The molecule has 4 aromatic rings. The largest absolute Gasteiger partial charge is 0.327 e. The third-order valence-electron chi connectivity index (χ3n) is 4.82. The number of nitrogens with zero attached hydrogens (tertiary/aromatic N) is 3. The Morgan fingerprint density at radius 3 is 2.68 bits per heavy atom. The Balaban J connectivity index is 1.39. The van der Waals surface area contributed by atoms with Crippen LogP contribution in [0.25, 0.3) is 21.9 Å². The van der Waals surface area contributed by atoms with Gasteiger partial charge in [0.1, 0.15) is 0 Å². The van der Waals surface area contributed by atoms with Crippen molar-refractivity contribution in [2.45, 2.75) is 25.4 Å². The average Bonchev–Trinajstić information content (AvgIpc) is 3.18. The zero-order valence-electron chi connectivity index (χ0n) is 15.2. The number of nitrogens with two attached hydrogens (primary N) is 1. The average molecular weight is 378 g/mol. The lowest BCUT2D eigenvalue weighted by Crippen LogP contribution is -2.24. The first-order chi connectivity index (χ1) is 13.6. The van der Waals surface area contributed by atoms with E-state index in [0.29, 0.717) is 24.9 Å². The lowest BCUT2D eigenvalue weighted by Gasteiger charge is -2.12. The van der Waals surface area contributed by atoms with Crippen LogP contribution in [0, 0.1) is 11.6 Å². The third-order valence-corrected chi connectivity index (χ3v) is 4.82. The smallest absolute Gasteiger partial charge is 0.159 e. The molecule has 0 fully saturated rings. The molecule has 2 heterocycles. The van der Waals surface area contributed by atoms with Gasteiger partial charge in [0.15, 0.2) is 11.6 Å². The first-order valence-corrected chi connectivity index (χ1v) is 9.14. The van der Waals surface area contributed by atoms with Gasteiger partial charge < -0.3 is 5.73 Å². The van der Waals surface area contributed by atoms with Crippen LogP contribution >= 0.6 is 0 Å². The SMILES string of the molecule is NC(CCn1cc(-c2ccc3cnccc3c2)cn1)Cc1ccc(F)c(F)c1. The van der Waals surface area contributed by atoms with Gasteiger partial charge in [0.05, 0.1) is 6.20 Å². The Kier molecular flexibility index (Phi) is 5.12. The molecule has 0 spiro atoms. The monoisotopic (exact) mass is 378 g/mol. The highest BCUT2D eigenvalue weighted by Gasteiger charge is 2.09. The van der Waals surface area contributed by atoms with Gasteiger partial charge in [-0.15, -0.1) is 0 Å². The second-order valence-electron chi connectivity index (χ2n) is 6.93. The van der Waals surface area contributed by atoms with Crippen LogP contribution in [-0.4, -0.2) is 20.8 Å². The molecule has 1 atom stereocenters. The fraction of sp³-hybridized carbons (Fsp3) is 0.182. The first-order valence-electron chi connectivity index (χ1n) is 9.14. The summed E-state index contributed by atoms with van der Waals surface area (Å²) in [5.74, 6) is -1.68. The van der Waals surface area contributed by atoms with Crippen LogP contribution in [0.3, 0.4) is 0 Å². The molecule has 2 aromatic carbocycles. The molecule has 0 aliphatic carbocycles. The van der Waals surface area contributed by atoms with Crippen LogP contribution in [0.4, 0.5) is 8.78 Å². The maximum atomic E-state index is 13.3. The van der Waals surface area contributed by atoms with E-state index in [1.807, 2.05) is 35.4 Å². The minimum atomic E-state index is -0.841. The number of hydrogen-bond acceptors (Lipinski definition) is 3. The van der Waals surface area contributed by atoms with Gasteiger partial charge in [0.2, 0.25) is 0 Å². The summed E-state index contributed by atoms with van der Waals surface area (Å²) in [6.07, 6.45) is 8.63. The summed E-state index contributed by atoms with van der Waals surface area (Å²) in [7, 11) is 0. The maximum Gasteiger partial charge on any atom is 0.159 e. The molecule has 2 aromatic heterocycles. The Bertz CT molecular complexity index is 1110. The van der Waals surface area contributed by atoms with Crippen molar-refractivity contribution < 1.29 is 8.78 Å². The van der Waals surface area contributed by atoms with Gasteiger partial charge >= 0.3 is 0 Å². The predicted octanol–water partition coefficient (Wildman–Crippen LogP) is 4.34. The zero-order valence-corrected chi connectivity index (χ0v) is 15.2. The van der Waals surface area contributed by atoms with Gasteiger partial charge in [-0.2, -0.15) is 5.10 Å². The van der Waals surface area contributed by atoms with E-state index in [9.17, 15) is 8.78 Å². The molecular weight excluding hydrogens is 358 g/mol. The minimum absolute atomic E-state index is 0.161. The molecule has 4 rings (SSSR count). The quantitative estimate of drug-likeness (QED) is 0.543. The van der Waals surface area contributed by atoms with Gasteiger partial charge in [-0.1, -0.05) is 18.2 Å². The topological polar surface area (TPSA) is 56.7 Å². The summed E-state index contributed by atoms with van der Waals surface area (Å²) in [6, 6.07) is 12.0. The number of rotatable bonds is 6. The van der Waals surface area contributed by atoms with Crippen molar-refractivity contribution in [3.8, 4) is 11.1 Å². The van der Waals surface area contributed by atoms with Crippen LogP contribution in [0.2, 0.25) is 0 Å². The van der Waals surface area contributed by atoms with Gasteiger partial charge in [0.25, 0.3) is 0 Å². The van der Waals surface area contributed by atoms with E-state index in [1.54, 1.807) is 12.3 Å². The Morgan fingerprint density at radius 1 is 0.929 bits per heavy atom. The van der Waals surface area contributed by atoms with Gasteiger partial charge in [-0.25, -0.2) is 8.78 Å². The lowest BCUT2D eigenvalue weighted by molar-refractivity contribution is 0.496. The number of aryl methyl sites for hydroxylation is 1. The van der Waals surface area contributed by atoms with Crippen LogP contribution in [0.1, 0.15) is 12.0 Å². The fourth-order valence-electron chi connectivity index (χ4n) is 3.27. The van der Waals surface area contributed by atoms with Crippen LogP contribution in [-0.2, 0) is 13.0 Å². The first kappa shape index (κ1) is 18.3. The number of aromatic nitrogens is 3. The van der Waals surface area contributed by atoms with E-state index >= 15 is 0 Å². The number of hydrogen-bond donors (Lipinski definition) is 1. The summed E-state index contributed by atoms with van der Waals surface area (Å²) < 4.78 is 28.2. The predicted molar refractivity (Wildman–Crippen MR) is 106 cm³/mol. The lowest BCUT2D eigenvalue weighted by atomic mass is 10.0. The van der Waals surface area contributed by atoms with Crippen LogP contribution in [0.5, 0.6) is 0 Å². The molecule has 0 amide bonds.